The molecular formula is C17H19NO3. The number of carbonyl (C=O) groups is 1. The van der Waals surface area contributed by atoms with Gasteiger partial charge in [0.05, 0.1) is 7.11 Å². The Labute approximate surface area is 123 Å². The van der Waals surface area contributed by atoms with E-state index in [4.69, 9.17) is 9.47 Å². The van der Waals surface area contributed by atoms with Crippen LogP contribution in [0.25, 0.3) is 0 Å². The molecule has 2 bridgehead atoms. The van der Waals surface area contributed by atoms with E-state index < -0.39 is 0 Å². The molecule has 0 aromatic heterocycles. The third kappa shape index (κ3) is 1.24. The molecule has 1 aromatic carbocycles. The van der Waals surface area contributed by atoms with E-state index in [1.54, 1.807) is 7.11 Å². The summed E-state index contributed by atoms with van der Waals surface area (Å²) in [5.41, 5.74) is 2.54. The van der Waals surface area contributed by atoms with E-state index in [-0.39, 0.29) is 17.3 Å². The number of ketones is 1. The van der Waals surface area contributed by atoms with Crippen LogP contribution in [0.3, 0.4) is 0 Å². The molecule has 4 nitrogen and oxygen atoms in total. The van der Waals surface area contributed by atoms with Gasteiger partial charge in [0.15, 0.2) is 23.4 Å². The highest BCUT2D eigenvalue weighted by atomic mass is 16.5. The van der Waals surface area contributed by atoms with Gasteiger partial charge in [0.2, 0.25) is 0 Å². The molecule has 0 amide bonds. The molecule has 5 rings (SSSR count). The minimum absolute atomic E-state index is 0.0945. The van der Waals surface area contributed by atoms with Gasteiger partial charge in [-0.1, -0.05) is 6.07 Å². The quantitative estimate of drug-likeness (QED) is 0.851. The predicted molar refractivity (Wildman–Crippen MR) is 76.9 cm³/mol. The van der Waals surface area contributed by atoms with E-state index in [0.29, 0.717) is 18.4 Å². The van der Waals surface area contributed by atoms with Crippen molar-refractivity contribution in [3.63, 3.8) is 0 Å². The standard InChI is InChI=1S/C17H19NO3/c1-20-13-5-2-9-8-11-10-3-4-12(19)16-17(10,6-7-18-11)14(9)15(13)21-16/h2,5,10-11,16,18H,3-4,6-8H2,1H3/t10-,11+,16+,17-/m0/s1. The van der Waals surface area contributed by atoms with Gasteiger partial charge in [-0.25, -0.2) is 0 Å². The number of hydrogen-bond donors (Lipinski definition) is 1. The number of carbonyl (C=O) groups excluding carboxylic acids is 1. The van der Waals surface area contributed by atoms with Crippen LogP contribution in [0.4, 0.5) is 0 Å². The Morgan fingerprint density at radius 1 is 1.43 bits per heavy atom. The zero-order valence-electron chi connectivity index (χ0n) is 12.1. The molecule has 2 aliphatic carbocycles. The molecule has 4 atom stereocenters. The first-order valence-corrected chi connectivity index (χ1v) is 7.89. The van der Waals surface area contributed by atoms with Crippen LogP contribution in [-0.2, 0) is 16.6 Å². The summed E-state index contributed by atoms with van der Waals surface area (Å²) in [6.07, 6.45) is 3.40. The van der Waals surface area contributed by atoms with E-state index in [1.165, 1.54) is 11.1 Å². The van der Waals surface area contributed by atoms with Gasteiger partial charge in [-0.15, -0.1) is 0 Å². The number of ether oxygens (including phenoxy) is 2. The highest BCUT2D eigenvalue weighted by Crippen LogP contribution is 2.61. The molecule has 4 aliphatic rings. The Balaban J connectivity index is 1.83. The van der Waals surface area contributed by atoms with E-state index in [1.807, 2.05) is 6.07 Å². The van der Waals surface area contributed by atoms with Crippen LogP contribution in [0.5, 0.6) is 11.5 Å². The summed E-state index contributed by atoms with van der Waals surface area (Å²) in [7, 11) is 1.68. The summed E-state index contributed by atoms with van der Waals surface area (Å²) >= 11 is 0. The second kappa shape index (κ2) is 3.80. The summed E-state index contributed by atoms with van der Waals surface area (Å²) in [6.45, 7) is 0.977. The lowest BCUT2D eigenvalue weighted by molar-refractivity contribution is -0.135. The molecule has 0 unspecified atom stereocenters. The second-order valence-corrected chi connectivity index (χ2v) is 6.80. The molecule has 2 fully saturated rings. The van der Waals surface area contributed by atoms with Crippen LogP contribution < -0.4 is 14.8 Å². The highest BCUT2D eigenvalue weighted by molar-refractivity contribution is 5.89. The molecule has 1 aromatic rings. The minimum Gasteiger partial charge on any atom is -0.493 e. The van der Waals surface area contributed by atoms with Crippen molar-refractivity contribution >= 4 is 5.78 Å². The molecule has 1 spiro atoms. The number of Topliss-reactive ketones (excluding diaryl/α,β-unsaturated/α-hetero) is 1. The first kappa shape index (κ1) is 12.0. The van der Waals surface area contributed by atoms with Gasteiger partial charge in [-0.05, 0) is 43.4 Å². The lowest BCUT2D eigenvalue weighted by Crippen LogP contribution is -2.65. The van der Waals surface area contributed by atoms with Crippen molar-refractivity contribution in [2.24, 2.45) is 5.92 Å². The maximum Gasteiger partial charge on any atom is 0.174 e. The SMILES string of the molecule is COc1ccc2c3c1O[C@@H]1C(=O)CC[C@H]4[C@@H](C2)NCC[C@]314. The maximum atomic E-state index is 12.5. The van der Waals surface area contributed by atoms with Gasteiger partial charge in [0.25, 0.3) is 0 Å². The zero-order valence-corrected chi connectivity index (χ0v) is 12.1. The number of nitrogens with one attached hydrogen (secondary N) is 1. The predicted octanol–water partition coefficient (Wildman–Crippen LogP) is 1.59. The van der Waals surface area contributed by atoms with E-state index in [2.05, 4.69) is 11.4 Å². The average molecular weight is 285 g/mol. The lowest BCUT2D eigenvalue weighted by Gasteiger charge is -2.54. The van der Waals surface area contributed by atoms with Crippen LogP contribution in [-0.4, -0.2) is 31.6 Å². The molecule has 110 valence electrons. The summed E-state index contributed by atoms with van der Waals surface area (Å²) in [6, 6.07) is 4.65. The van der Waals surface area contributed by atoms with Crippen LogP contribution in [0.15, 0.2) is 12.1 Å². The summed E-state index contributed by atoms with van der Waals surface area (Å²) in [5, 5.41) is 3.67. The van der Waals surface area contributed by atoms with Crippen molar-refractivity contribution in [1.82, 2.24) is 5.32 Å². The van der Waals surface area contributed by atoms with Crippen molar-refractivity contribution in [2.45, 2.75) is 43.2 Å². The fourth-order valence-corrected chi connectivity index (χ4v) is 5.40. The fourth-order valence-electron chi connectivity index (χ4n) is 5.40. The molecule has 1 saturated carbocycles. The van der Waals surface area contributed by atoms with Gasteiger partial charge in [-0.3, -0.25) is 4.79 Å². The Bertz CT molecular complexity index is 656. The number of piperidine rings is 1. The zero-order chi connectivity index (χ0) is 14.2. The Morgan fingerprint density at radius 3 is 3.19 bits per heavy atom. The normalized spacial score (nSPS) is 38.7. The van der Waals surface area contributed by atoms with E-state index in [0.717, 1.165) is 37.3 Å². The molecular weight excluding hydrogens is 266 g/mol. The van der Waals surface area contributed by atoms with Crippen molar-refractivity contribution in [2.75, 3.05) is 13.7 Å². The molecule has 4 heteroatoms. The Kier molecular flexibility index (Phi) is 2.18. The summed E-state index contributed by atoms with van der Waals surface area (Å²) in [5.74, 6) is 2.43. The smallest absolute Gasteiger partial charge is 0.174 e. The number of methoxy groups -OCH3 is 1. The van der Waals surface area contributed by atoms with Crippen molar-refractivity contribution in [3.05, 3.63) is 23.3 Å². The van der Waals surface area contributed by atoms with Gasteiger partial charge in [0, 0.05) is 23.4 Å². The van der Waals surface area contributed by atoms with Crippen LogP contribution in [0, 0.1) is 5.92 Å². The molecule has 1 saturated heterocycles. The van der Waals surface area contributed by atoms with Crippen molar-refractivity contribution in [3.8, 4) is 11.5 Å². The first-order chi connectivity index (χ1) is 10.3. The first-order valence-electron chi connectivity index (χ1n) is 7.89. The maximum absolute atomic E-state index is 12.5. The Morgan fingerprint density at radius 2 is 2.33 bits per heavy atom. The molecule has 21 heavy (non-hydrogen) atoms. The third-order valence-electron chi connectivity index (χ3n) is 6.12. The molecule has 0 radical (unpaired) electrons. The number of rotatable bonds is 1. The molecule has 2 aliphatic heterocycles. The number of benzene rings is 1. The molecule has 1 N–H and O–H groups in total. The number of hydrogen-bond acceptors (Lipinski definition) is 4. The van der Waals surface area contributed by atoms with Gasteiger partial charge >= 0.3 is 0 Å². The minimum atomic E-state index is -0.286. The van der Waals surface area contributed by atoms with Gasteiger partial charge in [0.1, 0.15) is 0 Å². The largest absolute Gasteiger partial charge is 0.493 e. The second-order valence-electron chi connectivity index (χ2n) is 6.80. The molecule has 2 heterocycles. The van der Waals surface area contributed by atoms with E-state index >= 15 is 0 Å². The van der Waals surface area contributed by atoms with Crippen LogP contribution in [0.1, 0.15) is 30.4 Å². The summed E-state index contributed by atoms with van der Waals surface area (Å²) < 4.78 is 11.7. The topological polar surface area (TPSA) is 47.6 Å². The monoisotopic (exact) mass is 285 g/mol. The van der Waals surface area contributed by atoms with Crippen LogP contribution >= 0.6 is 0 Å². The van der Waals surface area contributed by atoms with Gasteiger partial charge < -0.3 is 14.8 Å². The third-order valence-corrected chi connectivity index (χ3v) is 6.12. The van der Waals surface area contributed by atoms with E-state index in [9.17, 15) is 4.79 Å². The Hall–Kier alpha value is -1.55. The summed E-state index contributed by atoms with van der Waals surface area (Å²) in [4.78, 5) is 12.5. The fraction of sp³-hybridized carbons (Fsp3) is 0.588. The lowest BCUT2D eigenvalue weighted by atomic mass is 9.52. The van der Waals surface area contributed by atoms with Crippen molar-refractivity contribution < 1.29 is 14.3 Å². The average Bonchev–Trinajstić information content (AvgIpc) is 2.83. The highest BCUT2D eigenvalue weighted by Gasteiger charge is 2.64. The van der Waals surface area contributed by atoms with Crippen LogP contribution in [0.2, 0.25) is 0 Å². The van der Waals surface area contributed by atoms with Gasteiger partial charge in [-0.2, -0.15) is 0 Å². The van der Waals surface area contributed by atoms with Crippen molar-refractivity contribution in [1.29, 1.82) is 0 Å².